The number of carbonyl (C=O) groups is 2. The van der Waals surface area contributed by atoms with Gasteiger partial charge in [0.15, 0.2) is 6.10 Å². The number of carboxylic acids is 1. The van der Waals surface area contributed by atoms with Crippen molar-refractivity contribution in [2.75, 3.05) is 0 Å². The average molecular weight is 667 g/mol. The quantitative estimate of drug-likeness (QED) is 0.0415. The number of ether oxygens (including phenoxy) is 1. The lowest BCUT2D eigenvalue weighted by Gasteiger charge is -2.13. The fraction of sp³-hybridized carbons (Fsp3) is 0.682. The Bertz CT molecular complexity index is 892. The van der Waals surface area contributed by atoms with Gasteiger partial charge >= 0.3 is 11.9 Å². The molecule has 1 atom stereocenters. The molecule has 1 unspecified atom stereocenters. The Morgan fingerprint density at radius 2 is 0.854 bits per heavy atom. The van der Waals surface area contributed by atoms with Crippen molar-refractivity contribution in [3.8, 4) is 0 Å². The number of carbonyl (C=O) groups excluding carboxylic acids is 1. The highest BCUT2D eigenvalue weighted by molar-refractivity contribution is 5.77. The van der Waals surface area contributed by atoms with Gasteiger partial charge in [0.1, 0.15) is 0 Å². The maximum Gasteiger partial charge on any atom is 0.345 e. The van der Waals surface area contributed by atoms with Gasteiger partial charge in [-0.3, -0.25) is 4.79 Å². The normalized spacial score (nSPS) is 13.0. The van der Waals surface area contributed by atoms with E-state index in [4.69, 9.17) is 4.74 Å². The van der Waals surface area contributed by atoms with Crippen LogP contribution in [0.5, 0.6) is 0 Å². The molecular weight excluding hydrogens is 592 g/mol. The first kappa shape index (κ1) is 45.4. The number of unbranched alkanes of at least 4 members (excludes halogenated alkanes) is 17. The first-order valence-electron chi connectivity index (χ1n) is 19.9. The molecule has 274 valence electrons. The first-order chi connectivity index (χ1) is 23.6. The summed E-state index contributed by atoms with van der Waals surface area (Å²) in [6.45, 7) is 4.42. The summed E-state index contributed by atoms with van der Waals surface area (Å²) in [4.78, 5) is 23.8. The molecule has 0 bridgehead atoms. The molecule has 0 aromatic carbocycles. The Balaban J connectivity index is 3.69. The van der Waals surface area contributed by atoms with E-state index in [0.29, 0.717) is 6.42 Å². The summed E-state index contributed by atoms with van der Waals surface area (Å²) in [5.41, 5.74) is 0. The fourth-order valence-electron chi connectivity index (χ4n) is 5.50. The number of carboxylic acid groups (broad SMARTS) is 1. The maximum atomic E-state index is 12.2. The fourth-order valence-corrected chi connectivity index (χ4v) is 5.50. The van der Waals surface area contributed by atoms with Crippen LogP contribution < -0.4 is 0 Å². The zero-order chi connectivity index (χ0) is 35.0. The van der Waals surface area contributed by atoms with Crippen LogP contribution in [0, 0.1) is 0 Å². The molecule has 4 nitrogen and oxygen atoms in total. The monoisotopic (exact) mass is 667 g/mol. The van der Waals surface area contributed by atoms with Gasteiger partial charge < -0.3 is 9.84 Å². The Hall–Kier alpha value is -2.62. The summed E-state index contributed by atoms with van der Waals surface area (Å²) < 4.78 is 5.30. The number of esters is 1. The van der Waals surface area contributed by atoms with Gasteiger partial charge in [0.2, 0.25) is 0 Å². The van der Waals surface area contributed by atoms with E-state index in [1.807, 2.05) is 0 Å². The first-order valence-corrected chi connectivity index (χ1v) is 19.9. The van der Waals surface area contributed by atoms with Crippen LogP contribution in [-0.4, -0.2) is 23.1 Å². The van der Waals surface area contributed by atoms with Crippen LogP contribution in [0.4, 0.5) is 0 Å². The topological polar surface area (TPSA) is 63.6 Å². The summed E-state index contributed by atoms with van der Waals surface area (Å²) in [7, 11) is 0. The van der Waals surface area contributed by atoms with Gasteiger partial charge in [-0.1, -0.05) is 183 Å². The van der Waals surface area contributed by atoms with Gasteiger partial charge in [0.25, 0.3) is 0 Å². The van der Waals surface area contributed by atoms with Crippen LogP contribution >= 0.6 is 0 Å². The van der Waals surface area contributed by atoms with Crippen molar-refractivity contribution in [2.45, 2.75) is 193 Å². The van der Waals surface area contributed by atoms with Gasteiger partial charge in [-0.25, -0.2) is 4.79 Å². The van der Waals surface area contributed by atoms with E-state index in [2.05, 4.69) is 86.8 Å². The van der Waals surface area contributed by atoms with E-state index < -0.39 is 12.1 Å². The van der Waals surface area contributed by atoms with E-state index in [0.717, 1.165) is 77.0 Å². The lowest BCUT2D eigenvalue weighted by molar-refractivity contribution is -0.164. The van der Waals surface area contributed by atoms with Crippen molar-refractivity contribution in [3.63, 3.8) is 0 Å². The van der Waals surface area contributed by atoms with Gasteiger partial charge in [0, 0.05) is 6.42 Å². The van der Waals surface area contributed by atoms with E-state index >= 15 is 0 Å². The molecule has 4 heteroatoms. The summed E-state index contributed by atoms with van der Waals surface area (Å²) >= 11 is 0. The molecule has 0 fully saturated rings. The van der Waals surface area contributed by atoms with E-state index in [1.54, 1.807) is 0 Å². The molecule has 0 saturated heterocycles. The molecule has 0 aromatic heterocycles. The maximum absolute atomic E-state index is 12.2. The molecule has 0 aliphatic rings. The Morgan fingerprint density at radius 3 is 1.25 bits per heavy atom. The SMILES string of the molecule is CC/C=C\C/C=C\C/C=C\C/C=C\C/C=C\C/C=C\CCCCC(=O)OC(CCCCCCCCCCCCCCCCCC)C(=O)O. The van der Waals surface area contributed by atoms with E-state index in [1.165, 1.54) is 83.5 Å². The Morgan fingerprint density at radius 1 is 0.479 bits per heavy atom. The molecule has 0 aliphatic carbocycles. The van der Waals surface area contributed by atoms with Gasteiger partial charge in [-0.15, -0.1) is 0 Å². The summed E-state index contributed by atoms with van der Waals surface area (Å²) in [6, 6.07) is 0. The summed E-state index contributed by atoms with van der Waals surface area (Å²) in [5.74, 6) is -1.41. The second kappa shape index (κ2) is 38.8. The second-order valence-corrected chi connectivity index (χ2v) is 13.1. The molecule has 0 amide bonds. The van der Waals surface area contributed by atoms with Crippen molar-refractivity contribution < 1.29 is 19.4 Å². The minimum Gasteiger partial charge on any atom is -0.479 e. The number of hydrogen-bond acceptors (Lipinski definition) is 3. The van der Waals surface area contributed by atoms with Crippen LogP contribution in [0.3, 0.4) is 0 Å². The molecule has 0 radical (unpaired) electrons. The lowest BCUT2D eigenvalue weighted by atomic mass is 10.0. The smallest absolute Gasteiger partial charge is 0.345 e. The molecular formula is C44H74O4. The van der Waals surface area contributed by atoms with Crippen molar-refractivity contribution >= 4 is 11.9 Å². The highest BCUT2D eigenvalue weighted by Crippen LogP contribution is 2.15. The number of allylic oxidation sites excluding steroid dienone is 12. The van der Waals surface area contributed by atoms with Crippen molar-refractivity contribution in [3.05, 3.63) is 72.9 Å². The molecule has 0 saturated carbocycles. The largest absolute Gasteiger partial charge is 0.479 e. The zero-order valence-corrected chi connectivity index (χ0v) is 31.3. The predicted molar refractivity (Wildman–Crippen MR) is 208 cm³/mol. The summed E-state index contributed by atoms with van der Waals surface area (Å²) in [6.07, 6.45) is 55.1. The standard InChI is InChI=1S/C44H74O4/c1-3-5-7-9-11-13-15-17-19-21-22-23-24-25-27-29-31-33-35-37-39-41-43(45)48-42(44(46)47)40-38-36-34-32-30-28-26-20-18-16-14-12-10-8-6-4-2/h5,7,11,13,17,19,22-23,25,27,31,33,42H,3-4,6,8-10,12,14-16,18,20-21,24,26,28-30,32,34-41H2,1-2H3,(H,46,47)/b7-5-,13-11-,19-17-,23-22-,27-25-,33-31-. The van der Waals surface area contributed by atoms with Crippen LogP contribution in [-0.2, 0) is 14.3 Å². The van der Waals surface area contributed by atoms with Crippen molar-refractivity contribution in [2.24, 2.45) is 0 Å². The Labute approximate surface area is 297 Å². The van der Waals surface area contributed by atoms with E-state index in [-0.39, 0.29) is 12.4 Å². The second-order valence-electron chi connectivity index (χ2n) is 13.1. The highest BCUT2D eigenvalue weighted by atomic mass is 16.6. The number of aliphatic carboxylic acids is 1. The molecule has 0 heterocycles. The molecule has 0 aromatic rings. The summed E-state index contributed by atoms with van der Waals surface area (Å²) in [5, 5.41) is 9.49. The van der Waals surface area contributed by atoms with Gasteiger partial charge in [-0.2, -0.15) is 0 Å². The third-order valence-electron chi connectivity index (χ3n) is 8.47. The zero-order valence-electron chi connectivity index (χ0n) is 31.3. The lowest BCUT2D eigenvalue weighted by Crippen LogP contribution is -2.27. The molecule has 1 N–H and O–H groups in total. The van der Waals surface area contributed by atoms with Crippen LogP contribution in [0.15, 0.2) is 72.9 Å². The molecule has 0 rings (SSSR count). The molecule has 0 spiro atoms. The van der Waals surface area contributed by atoms with Crippen LogP contribution in [0.2, 0.25) is 0 Å². The van der Waals surface area contributed by atoms with Crippen molar-refractivity contribution in [1.29, 1.82) is 0 Å². The van der Waals surface area contributed by atoms with E-state index in [9.17, 15) is 14.7 Å². The third-order valence-corrected chi connectivity index (χ3v) is 8.47. The van der Waals surface area contributed by atoms with Crippen LogP contribution in [0.1, 0.15) is 187 Å². The average Bonchev–Trinajstić information content (AvgIpc) is 3.08. The number of hydrogen-bond donors (Lipinski definition) is 1. The van der Waals surface area contributed by atoms with Crippen molar-refractivity contribution in [1.82, 2.24) is 0 Å². The van der Waals surface area contributed by atoms with Crippen LogP contribution in [0.25, 0.3) is 0 Å². The minimum absolute atomic E-state index is 0.283. The number of rotatable bonds is 35. The molecule has 0 aliphatic heterocycles. The minimum atomic E-state index is -1.03. The highest BCUT2D eigenvalue weighted by Gasteiger charge is 2.21. The van der Waals surface area contributed by atoms with Gasteiger partial charge in [0.05, 0.1) is 0 Å². The Kier molecular flexibility index (Phi) is 36.7. The van der Waals surface area contributed by atoms with Gasteiger partial charge in [-0.05, 0) is 70.6 Å². The third kappa shape index (κ3) is 36.2. The predicted octanol–water partition coefficient (Wildman–Crippen LogP) is 13.9. The molecule has 48 heavy (non-hydrogen) atoms.